The highest BCUT2D eigenvalue weighted by atomic mass is 32.2. The second-order valence-corrected chi connectivity index (χ2v) is 5.34. The average Bonchev–Trinajstić information content (AvgIpc) is 2.30. The molecule has 3 nitrogen and oxygen atoms in total. The van der Waals surface area contributed by atoms with Crippen LogP contribution >= 0.6 is 11.8 Å². The van der Waals surface area contributed by atoms with Crippen molar-refractivity contribution in [2.75, 3.05) is 11.5 Å². The number of nitrogens with zero attached hydrogens (tertiary/aromatic N) is 2. The quantitative estimate of drug-likeness (QED) is 0.521. The molecule has 2 aromatic rings. The van der Waals surface area contributed by atoms with E-state index in [0.29, 0.717) is 0 Å². The number of hydrogen-bond acceptors (Lipinski definition) is 4. The second kappa shape index (κ2) is 5.87. The molecule has 0 aliphatic rings. The average molecular weight is 259 g/mol. The van der Waals surface area contributed by atoms with Crippen LogP contribution < -0.4 is 5.73 Å². The molecule has 1 aromatic carbocycles. The minimum atomic E-state index is 0.809. The first-order valence-electron chi connectivity index (χ1n) is 5.93. The number of anilines is 1. The van der Waals surface area contributed by atoms with Crippen LogP contribution in [0.3, 0.4) is 0 Å². The van der Waals surface area contributed by atoms with Crippen molar-refractivity contribution < 1.29 is 0 Å². The predicted molar refractivity (Wildman–Crippen MR) is 76.8 cm³/mol. The van der Waals surface area contributed by atoms with Gasteiger partial charge in [-0.3, -0.25) is 0 Å². The van der Waals surface area contributed by atoms with E-state index in [0.717, 1.165) is 34.4 Å². The summed E-state index contributed by atoms with van der Waals surface area (Å²) in [4.78, 5) is 8.82. The summed E-state index contributed by atoms with van der Waals surface area (Å²) >= 11 is 1.69. The summed E-state index contributed by atoms with van der Waals surface area (Å²) in [6.07, 6.45) is 1.00. The predicted octanol–water partition coefficient (Wildman–Crippen LogP) is 3.01. The first kappa shape index (κ1) is 12.9. The maximum absolute atomic E-state index is 5.65. The number of benzene rings is 1. The van der Waals surface area contributed by atoms with Gasteiger partial charge in [-0.1, -0.05) is 23.9 Å². The summed E-state index contributed by atoms with van der Waals surface area (Å²) in [5.41, 5.74) is 9.81. The van der Waals surface area contributed by atoms with Crippen molar-refractivity contribution in [3.63, 3.8) is 0 Å². The molecule has 0 saturated heterocycles. The van der Waals surface area contributed by atoms with Crippen LogP contribution in [-0.4, -0.2) is 15.7 Å². The summed E-state index contributed by atoms with van der Waals surface area (Å²) in [5.74, 6) is 0.979. The van der Waals surface area contributed by atoms with Gasteiger partial charge in [-0.05, 0) is 44.0 Å². The molecule has 1 heterocycles. The molecule has 94 valence electrons. The van der Waals surface area contributed by atoms with Crippen molar-refractivity contribution in [3.8, 4) is 0 Å². The van der Waals surface area contributed by atoms with Crippen LogP contribution in [0.4, 0.5) is 5.69 Å². The van der Waals surface area contributed by atoms with Gasteiger partial charge in [0.15, 0.2) is 5.16 Å². The zero-order valence-corrected chi connectivity index (χ0v) is 11.5. The van der Waals surface area contributed by atoms with Gasteiger partial charge in [-0.15, -0.1) is 0 Å². The first-order chi connectivity index (χ1) is 8.63. The lowest BCUT2D eigenvalue weighted by molar-refractivity contribution is 0.901. The molecule has 18 heavy (non-hydrogen) atoms. The van der Waals surface area contributed by atoms with Crippen LogP contribution in [0.15, 0.2) is 35.5 Å². The van der Waals surface area contributed by atoms with Crippen LogP contribution in [0.1, 0.15) is 17.0 Å². The molecule has 0 saturated carbocycles. The van der Waals surface area contributed by atoms with E-state index in [1.807, 2.05) is 32.0 Å². The van der Waals surface area contributed by atoms with Gasteiger partial charge < -0.3 is 5.73 Å². The number of thioether (sulfide) groups is 1. The maximum Gasteiger partial charge on any atom is 0.187 e. The molecule has 4 heteroatoms. The fourth-order valence-corrected chi connectivity index (χ4v) is 2.64. The number of aromatic nitrogens is 2. The zero-order valence-electron chi connectivity index (χ0n) is 10.7. The lowest BCUT2D eigenvalue weighted by atomic mass is 10.2. The Hall–Kier alpha value is -1.55. The van der Waals surface area contributed by atoms with Crippen molar-refractivity contribution in [1.29, 1.82) is 0 Å². The molecule has 0 spiro atoms. The topological polar surface area (TPSA) is 51.8 Å². The Labute approximate surface area is 112 Å². The summed E-state index contributed by atoms with van der Waals surface area (Å²) in [6.45, 7) is 4.00. The number of nitrogens with two attached hydrogens (primary N) is 1. The standard InChI is InChI=1S/C14H17N3S/c1-10-9-11(2)17-14(16-10)18-8-7-12-3-5-13(15)6-4-12/h3-6,9H,7-8,15H2,1-2H3. The lowest BCUT2D eigenvalue weighted by Gasteiger charge is -2.03. The second-order valence-electron chi connectivity index (χ2n) is 4.27. The number of aryl methyl sites for hydroxylation is 3. The number of rotatable bonds is 4. The van der Waals surface area contributed by atoms with Crippen LogP contribution in [0.2, 0.25) is 0 Å². The molecule has 2 rings (SSSR count). The lowest BCUT2D eigenvalue weighted by Crippen LogP contribution is -1.95. The van der Waals surface area contributed by atoms with Crippen molar-refractivity contribution in [2.45, 2.75) is 25.4 Å². The largest absolute Gasteiger partial charge is 0.399 e. The molecule has 0 unspecified atom stereocenters. The molecular formula is C14H17N3S. The molecule has 0 bridgehead atoms. The van der Waals surface area contributed by atoms with E-state index in [4.69, 9.17) is 5.73 Å². The third-order valence-electron chi connectivity index (χ3n) is 2.56. The van der Waals surface area contributed by atoms with E-state index in [9.17, 15) is 0 Å². The minimum absolute atomic E-state index is 0.809. The molecule has 0 fully saturated rings. The zero-order chi connectivity index (χ0) is 13.0. The molecule has 0 amide bonds. The van der Waals surface area contributed by atoms with E-state index in [-0.39, 0.29) is 0 Å². The van der Waals surface area contributed by atoms with Crippen molar-refractivity contribution >= 4 is 17.4 Å². The summed E-state index contributed by atoms with van der Waals surface area (Å²) in [6, 6.07) is 10.0. The van der Waals surface area contributed by atoms with Gasteiger partial charge in [0.25, 0.3) is 0 Å². The molecule has 2 N–H and O–H groups in total. The normalized spacial score (nSPS) is 10.6. The smallest absolute Gasteiger partial charge is 0.187 e. The van der Waals surface area contributed by atoms with Crippen LogP contribution in [-0.2, 0) is 6.42 Å². The summed E-state index contributed by atoms with van der Waals surface area (Å²) in [5, 5.41) is 0.864. The van der Waals surface area contributed by atoms with Gasteiger partial charge in [0, 0.05) is 22.8 Å². The van der Waals surface area contributed by atoms with Crippen molar-refractivity contribution in [2.24, 2.45) is 0 Å². The summed E-state index contributed by atoms with van der Waals surface area (Å²) < 4.78 is 0. The van der Waals surface area contributed by atoms with E-state index >= 15 is 0 Å². The fraction of sp³-hybridized carbons (Fsp3) is 0.286. The minimum Gasteiger partial charge on any atom is -0.399 e. The Morgan fingerprint density at radius 1 is 1.06 bits per heavy atom. The van der Waals surface area contributed by atoms with Crippen LogP contribution in [0.25, 0.3) is 0 Å². The highest BCUT2D eigenvalue weighted by molar-refractivity contribution is 7.99. The van der Waals surface area contributed by atoms with Gasteiger partial charge >= 0.3 is 0 Å². The molecule has 1 aromatic heterocycles. The van der Waals surface area contributed by atoms with Gasteiger partial charge in [0.2, 0.25) is 0 Å². The van der Waals surface area contributed by atoms with Crippen molar-refractivity contribution in [3.05, 3.63) is 47.3 Å². The third-order valence-corrected chi connectivity index (χ3v) is 3.41. The third kappa shape index (κ3) is 3.74. The fourth-order valence-electron chi connectivity index (χ4n) is 1.70. The van der Waals surface area contributed by atoms with Crippen LogP contribution in [0.5, 0.6) is 0 Å². The molecular weight excluding hydrogens is 242 g/mol. The van der Waals surface area contributed by atoms with Crippen molar-refractivity contribution in [1.82, 2.24) is 9.97 Å². The number of nitrogen functional groups attached to an aromatic ring is 1. The Morgan fingerprint density at radius 3 is 2.28 bits per heavy atom. The van der Waals surface area contributed by atoms with Gasteiger partial charge in [0.05, 0.1) is 0 Å². The Morgan fingerprint density at radius 2 is 1.67 bits per heavy atom. The molecule has 0 radical (unpaired) electrons. The summed E-state index contributed by atoms with van der Waals surface area (Å²) in [7, 11) is 0. The highest BCUT2D eigenvalue weighted by Crippen LogP contribution is 2.16. The van der Waals surface area contributed by atoms with Crippen LogP contribution in [0, 0.1) is 13.8 Å². The Kier molecular flexibility index (Phi) is 4.20. The first-order valence-corrected chi connectivity index (χ1v) is 6.91. The van der Waals surface area contributed by atoms with E-state index < -0.39 is 0 Å². The van der Waals surface area contributed by atoms with Gasteiger partial charge in [0.1, 0.15) is 0 Å². The van der Waals surface area contributed by atoms with Gasteiger partial charge in [-0.2, -0.15) is 0 Å². The molecule has 0 atom stereocenters. The number of hydrogen-bond donors (Lipinski definition) is 1. The SMILES string of the molecule is Cc1cc(C)nc(SCCc2ccc(N)cc2)n1. The van der Waals surface area contributed by atoms with E-state index in [2.05, 4.69) is 22.1 Å². The molecule has 0 aliphatic heterocycles. The van der Waals surface area contributed by atoms with E-state index in [1.54, 1.807) is 11.8 Å². The Bertz CT molecular complexity index is 503. The monoisotopic (exact) mass is 259 g/mol. The molecule has 0 aliphatic carbocycles. The maximum atomic E-state index is 5.65. The van der Waals surface area contributed by atoms with E-state index in [1.165, 1.54) is 5.56 Å². The van der Waals surface area contributed by atoms with Gasteiger partial charge in [-0.25, -0.2) is 9.97 Å². The highest BCUT2D eigenvalue weighted by Gasteiger charge is 2.01. The Balaban J connectivity index is 1.90.